The van der Waals surface area contributed by atoms with E-state index in [0.29, 0.717) is 29.1 Å². The Morgan fingerprint density at radius 3 is 2.00 bits per heavy atom. The fraction of sp³-hybridized carbons (Fsp3) is 0.174. The number of hydrogen-bond donors (Lipinski definition) is 1. The third-order valence-corrected chi connectivity index (χ3v) is 6.72. The van der Waals surface area contributed by atoms with Gasteiger partial charge in [0.15, 0.2) is 0 Å². The van der Waals surface area contributed by atoms with Crippen molar-refractivity contribution in [2.45, 2.75) is 13.0 Å². The molecule has 0 aliphatic rings. The fourth-order valence-electron chi connectivity index (χ4n) is 3.09. The molecule has 0 spiro atoms. The van der Waals surface area contributed by atoms with Gasteiger partial charge in [0.1, 0.15) is 0 Å². The average Bonchev–Trinajstić information content (AvgIpc) is 2.74. The molecule has 1 amide bonds. The summed E-state index contributed by atoms with van der Waals surface area (Å²) in [6.45, 7) is 0.510. The van der Waals surface area contributed by atoms with E-state index in [1.54, 1.807) is 42.5 Å². The average molecular weight is 512 g/mol. The SMILES string of the molecule is CS(=O)(=O)N(Cc1ccc(C(=O)NCCc2ccc(Cl)cc2)cc1)c1c(Cl)cccc1Cl. The molecule has 0 aromatic heterocycles. The zero-order chi connectivity index (χ0) is 23.3. The highest BCUT2D eigenvalue weighted by Gasteiger charge is 2.23. The van der Waals surface area contributed by atoms with Gasteiger partial charge in [-0.05, 0) is 53.9 Å². The van der Waals surface area contributed by atoms with Gasteiger partial charge in [-0.3, -0.25) is 9.10 Å². The van der Waals surface area contributed by atoms with E-state index in [9.17, 15) is 13.2 Å². The lowest BCUT2D eigenvalue weighted by Gasteiger charge is -2.24. The van der Waals surface area contributed by atoms with Crippen molar-refractivity contribution in [3.63, 3.8) is 0 Å². The molecule has 168 valence electrons. The lowest BCUT2D eigenvalue weighted by molar-refractivity contribution is 0.0954. The maximum absolute atomic E-state index is 12.4. The quantitative estimate of drug-likeness (QED) is 0.429. The number of halogens is 3. The summed E-state index contributed by atoms with van der Waals surface area (Å²) in [5.74, 6) is -0.209. The molecule has 0 aliphatic carbocycles. The Balaban J connectivity index is 1.67. The van der Waals surface area contributed by atoms with Crippen LogP contribution in [0.2, 0.25) is 15.1 Å². The normalized spacial score (nSPS) is 11.2. The summed E-state index contributed by atoms with van der Waals surface area (Å²) in [7, 11) is -3.65. The largest absolute Gasteiger partial charge is 0.352 e. The molecule has 32 heavy (non-hydrogen) atoms. The predicted octanol–water partition coefficient (Wildman–Crippen LogP) is 5.59. The molecule has 0 aliphatic heterocycles. The summed E-state index contributed by atoms with van der Waals surface area (Å²) in [5.41, 5.74) is 2.46. The van der Waals surface area contributed by atoms with E-state index in [1.807, 2.05) is 24.3 Å². The van der Waals surface area contributed by atoms with Crippen molar-refractivity contribution in [1.82, 2.24) is 5.32 Å². The number of carbonyl (C=O) groups is 1. The zero-order valence-electron chi connectivity index (χ0n) is 17.2. The Morgan fingerprint density at radius 2 is 1.44 bits per heavy atom. The number of amides is 1. The molecule has 0 unspecified atom stereocenters. The van der Waals surface area contributed by atoms with Crippen LogP contribution in [-0.4, -0.2) is 27.1 Å². The van der Waals surface area contributed by atoms with Gasteiger partial charge in [-0.25, -0.2) is 8.42 Å². The van der Waals surface area contributed by atoms with E-state index >= 15 is 0 Å². The summed E-state index contributed by atoms with van der Waals surface area (Å²) in [6.07, 6.45) is 1.78. The Labute approximate surface area is 203 Å². The van der Waals surface area contributed by atoms with E-state index in [2.05, 4.69) is 5.32 Å². The molecule has 0 atom stereocenters. The van der Waals surface area contributed by atoms with Gasteiger partial charge in [0.05, 0.1) is 28.5 Å². The van der Waals surface area contributed by atoms with Gasteiger partial charge in [-0.1, -0.05) is 65.1 Å². The lowest BCUT2D eigenvalue weighted by atomic mass is 10.1. The van der Waals surface area contributed by atoms with Crippen LogP contribution < -0.4 is 9.62 Å². The number of sulfonamides is 1. The molecule has 0 radical (unpaired) electrons. The summed E-state index contributed by atoms with van der Waals surface area (Å²) in [6, 6.07) is 19.0. The highest BCUT2D eigenvalue weighted by Crippen LogP contribution is 2.35. The molecular weight excluding hydrogens is 491 g/mol. The maximum Gasteiger partial charge on any atom is 0.251 e. The van der Waals surface area contributed by atoms with Crippen LogP contribution in [0.3, 0.4) is 0 Å². The van der Waals surface area contributed by atoms with Crippen LogP contribution in [0.25, 0.3) is 0 Å². The van der Waals surface area contributed by atoms with Crippen LogP contribution in [0, 0.1) is 0 Å². The number of hydrogen-bond acceptors (Lipinski definition) is 3. The van der Waals surface area contributed by atoms with E-state index in [4.69, 9.17) is 34.8 Å². The molecule has 3 aromatic carbocycles. The highest BCUT2D eigenvalue weighted by molar-refractivity contribution is 7.92. The van der Waals surface area contributed by atoms with Crippen molar-refractivity contribution in [3.05, 3.63) is 98.5 Å². The first-order chi connectivity index (χ1) is 15.1. The summed E-state index contributed by atoms with van der Waals surface area (Å²) in [5, 5.41) is 4.02. The highest BCUT2D eigenvalue weighted by atomic mass is 35.5. The van der Waals surface area contributed by atoms with Gasteiger partial charge < -0.3 is 5.32 Å². The van der Waals surface area contributed by atoms with Crippen molar-refractivity contribution in [2.24, 2.45) is 0 Å². The summed E-state index contributed by atoms with van der Waals surface area (Å²) >= 11 is 18.3. The maximum atomic E-state index is 12.4. The molecule has 9 heteroatoms. The number of nitrogens with zero attached hydrogens (tertiary/aromatic N) is 1. The van der Waals surface area contributed by atoms with E-state index in [-0.39, 0.29) is 28.2 Å². The van der Waals surface area contributed by atoms with Crippen LogP contribution in [0.4, 0.5) is 5.69 Å². The second kappa shape index (κ2) is 10.6. The summed E-state index contributed by atoms with van der Waals surface area (Å²) in [4.78, 5) is 12.4. The molecule has 0 saturated carbocycles. The van der Waals surface area contributed by atoms with Crippen LogP contribution >= 0.6 is 34.8 Å². The van der Waals surface area contributed by atoms with Gasteiger partial charge in [0.25, 0.3) is 5.91 Å². The van der Waals surface area contributed by atoms with Gasteiger partial charge in [0.2, 0.25) is 10.0 Å². The van der Waals surface area contributed by atoms with Crippen LogP contribution in [0.1, 0.15) is 21.5 Å². The van der Waals surface area contributed by atoms with Crippen molar-refractivity contribution >= 4 is 56.4 Å². The van der Waals surface area contributed by atoms with E-state index < -0.39 is 10.0 Å². The fourth-order valence-corrected chi connectivity index (χ4v) is 4.83. The monoisotopic (exact) mass is 510 g/mol. The lowest BCUT2D eigenvalue weighted by Crippen LogP contribution is -2.30. The molecule has 0 bridgehead atoms. The predicted molar refractivity (Wildman–Crippen MR) is 131 cm³/mol. The van der Waals surface area contributed by atoms with Crippen molar-refractivity contribution in [3.8, 4) is 0 Å². The second-order valence-corrected chi connectivity index (χ2v) is 10.3. The Hall–Kier alpha value is -2.25. The summed E-state index contributed by atoms with van der Waals surface area (Å²) < 4.78 is 26.0. The van der Waals surface area contributed by atoms with Crippen molar-refractivity contribution in [2.75, 3.05) is 17.1 Å². The van der Waals surface area contributed by atoms with Crippen LogP contribution in [0.15, 0.2) is 66.7 Å². The first-order valence-electron chi connectivity index (χ1n) is 9.68. The standard InChI is InChI=1S/C23H21Cl3N2O3S/c1-32(30,31)28(22-20(25)3-2-4-21(22)26)15-17-5-9-18(10-6-17)23(29)27-14-13-16-7-11-19(24)12-8-16/h2-12H,13-15H2,1H3,(H,27,29). The van der Waals surface area contributed by atoms with Gasteiger partial charge in [-0.2, -0.15) is 0 Å². The Kier molecular flexibility index (Phi) is 8.06. The molecule has 0 saturated heterocycles. The number of anilines is 1. The minimum atomic E-state index is -3.65. The first kappa shape index (κ1) is 24.4. The number of rotatable bonds is 8. The van der Waals surface area contributed by atoms with Crippen LogP contribution in [-0.2, 0) is 23.0 Å². The van der Waals surface area contributed by atoms with Crippen molar-refractivity contribution in [1.29, 1.82) is 0 Å². The minimum absolute atomic E-state index is 0.0285. The molecular formula is C23H21Cl3N2O3S. The molecule has 1 N–H and O–H groups in total. The first-order valence-corrected chi connectivity index (χ1v) is 12.7. The number of para-hydroxylation sites is 1. The zero-order valence-corrected chi connectivity index (χ0v) is 20.3. The molecule has 0 fully saturated rings. The number of nitrogens with one attached hydrogen (secondary N) is 1. The van der Waals surface area contributed by atoms with Gasteiger partial charge in [-0.15, -0.1) is 0 Å². The van der Waals surface area contributed by atoms with Gasteiger partial charge >= 0.3 is 0 Å². The van der Waals surface area contributed by atoms with E-state index in [0.717, 1.165) is 16.1 Å². The second-order valence-electron chi connectivity index (χ2n) is 7.17. The molecule has 5 nitrogen and oxygen atoms in total. The Bertz CT molecular complexity index is 1180. The molecule has 3 rings (SSSR count). The minimum Gasteiger partial charge on any atom is -0.352 e. The smallest absolute Gasteiger partial charge is 0.251 e. The van der Waals surface area contributed by atoms with Crippen molar-refractivity contribution < 1.29 is 13.2 Å². The number of benzene rings is 3. The molecule has 0 heterocycles. The van der Waals surface area contributed by atoms with E-state index in [1.165, 1.54) is 0 Å². The Morgan fingerprint density at radius 1 is 0.875 bits per heavy atom. The third kappa shape index (κ3) is 6.39. The third-order valence-electron chi connectivity index (χ3n) is 4.74. The topological polar surface area (TPSA) is 66.5 Å². The van der Waals surface area contributed by atoms with Gasteiger partial charge in [0, 0.05) is 17.1 Å². The molecule has 3 aromatic rings. The van der Waals surface area contributed by atoms with Crippen LogP contribution in [0.5, 0.6) is 0 Å². The number of carbonyl (C=O) groups excluding carboxylic acids is 1.